The van der Waals surface area contributed by atoms with Crippen LogP contribution in [0.1, 0.15) is 46.5 Å². The van der Waals surface area contributed by atoms with E-state index in [1.165, 1.54) is 19.3 Å². The van der Waals surface area contributed by atoms with Gasteiger partial charge in [-0.3, -0.25) is 0 Å². The topological polar surface area (TPSA) is 20.2 Å². The van der Waals surface area contributed by atoms with Crippen LogP contribution in [0.25, 0.3) is 0 Å². The van der Waals surface area contributed by atoms with Gasteiger partial charge in [0.2, 0.25) is 0 Å². The molecule has 1 aliphatic rings. The number of rotatable bonds is 2. The van der Waals surface area contributed by atoms with Gasteiger partial charge in [-0.25, -0.2) is 0 Å². The first-order chi connectivity index (χ1) is 5.08. The Bertz CT molecular complexity index is 129. The van der Waals surface area contributed by atoms with Crippen LogP contribution < -0.4 is 0 Å². The van der Waals surface area contributed by atoms with E-state index in [1.54, 1.807) is 0 Å². The number of hydrogen-bond acceptors (Lipinski definition) is 1. The highest BCUT2D eigenvalue weighted by Gasteiger charge is 2.38. The maximum Gasteiger partial charge on any atom is 0.0650 e. The van der Waals surface area contributed by atoms with E-state index in [4.69, 9.17) is 0 Å². The molecule has 0 heterocycles. The quantitative estimate of drug-likeness (QED) is 0.651. The number of aliphatic hydroxyl groups is 1. The first kappa shape index (κ1) is 9.05. The molecule has 0 aromatic heterocycles. The molecule has 0 amide bonds. The molecule has 0 bridgehead atoms. The molecular formula is C10H20O. The minimum atomic E-state index is -0.366. The van der Waals surface area contributed by atoms with E-state index in [0.29, 0.717) is 11.8 Å². The maximum atomic E-state index is 9.96. The van der Waals surface area contributed by atoms with E-state index in [-0.39, 0.29) is 5.60 Å². The van der Waals surface area contributed by atoms with Crippen LogP contribution in [0, 0.1) is 11.8 Å². The summed E-state index contributed by atoms with van der Waals surface area (Å²) in [6.07, 6.45) is 4.63. The zero-order valence-corrected chi connectivity index (χ0v) is 7.93. The van der Waals surface area contributed by atoms with Crippen molar-refractivity contribution in [2.45, 2.75) is 52.1 Å². The van der Waals surface area contributed by atoms with Crippen LogP contribution in [0.2, 0.25) is 0 Å². The Morgan fingerprint density at radius 3 is 2.64 bits per heavy atom. The lowest BCUT2D eigenvalue weighted by Gasteiger charge is -2.30. The average molecular weight is 156 g/mol. The third-order valence-corrected chi connectivity index (χ3v) is 3.33. The predicted molar refractivity (Wildman–Crippen MR) is 47.4 cm³/mol. The Kier molecular flexibility index (Phi) is 2.58. The Labute approximate surface area is 69.8 Å². The van der Waals surface area contributed by atoms with E-state index in [1.807, 2.05) is 6.92 Å². The molecule has 1 fully saturated rings. The van der Waals surface area contributed by atoms with Crippen molar-refractivity contribution in [2.24, 2.45) is 11.8 Å². The summed E-state index contributed by atoms with van der Waals surface area (Å²) in [6, 6.07) is 0. The fourth-order valence-electron chi connectivity index (χ4n) is 2.36. The van der Waals surface area contributed by atoms with Gasteiger partial charge >= 0.3 is 0 Å². The van der Waals surface area contributed by atoms with Crippen molar-refractivity contribution in [3.05, 3.63) is 0 Å². The highest BCUT2D eigenvalue weighted by Crippen LogP contribution is 2.40. The molecular weight excluding hydrogens is 136 g/mol. The average Bonchev–Trinajstić information content (AvgIpc) is 2.28. The second-order valence-electron chi connectivity index (χ2n) is 4.24. The minimum absolute atomic E-state index is 0.366. The monoisotopic (exact) mass is 156 g/mol. The molecule has 0 saturated heterocycles. The van der Waals surface area contributed by atoms with Crippen LogP contribution in [-0.4, -0.2) is 10.7 Å². The van der Waals surface area contributed by atoms with Crippen molar-refractivity contribution < 1.29 is 5.11 Å². The Morgan fingerprint density at radius 1 is 1.64 bits per heavy atom. The van der Waals surface area contributed by atoms with Crippen molar-refractivity contribution in [2.75, 3.05) is 0 Å². The van der Waals surface area contributed by atoms with Gasteiger partial charge in [-0.05, 0) is 31.6 Å². The van der Waals surface area contributed by atoms with Gasteiger partial charge in [-0.15, -0.1) is 0 Å². The van der Waals surface area contributed by atoms with E-state index in [9.17, 15) is 5.11 Å². The third-order valence-electron chi connectivity index (χ3n) is 3.33. The highest BCUT2D eigenvalue weighted by atomic mass is 16.3. The maximum absolute atomic E-state index is 9.96. The lowest BCUT2D eigenvalue weighted by Crippen LogP contribution is -2.32. The fourth-order valence-corrected chi connectivity index (χ4v) is 2.36. The van der Waals surface area contributed by atoms with E-state index >= 15 is 0 Å². The Hall–Kier alpha value is -0.0400. The summed E-state index contributed by atoms with van der Waals surface area (Å²) in [4.78, 5) is 0. The molecule has 1 rings (SSSR count). The van der Waals surface area contributed by atoms with E-state index in [0.717, 1.165) is 6.42 Å². The minimum Gasteiger partial charge on any atom is -0.390 e. The summed E-state index contributed by atoms with van der Waals surface area (Å²) < 4.78 is 0. The summed E-state index contributed by atoms with van der Waals surface area (Å²) in [5.74, 6) is 1.24. The summed E-state index contributed by atoms with van der Waals surface area (Å²) in [5.41, 5.74) is -0.366. The highest BCUT2D eigenvalue weighted by molar-refractivity contribution is 4.90. The van der Waals surface area contributed by atoms with Crippen LogP contribution in [0.5, 0.6) is 0 Å². The van der Waals surface area contributed by atoms with Gasteiger partial charge in [0.1, 0.15) is 0 Å². The first-order valence-electron chi connectivity index (χ1n) is 4.80. The first-order valence-corrected chi connectivity index (χ1v) is 4.80. The second kappa shape index (κ2) is 3.14. The summed E-state index contributed by atoms with van der Waals surface area (Å²) in [6.45, 7) is 6.46. The summed E-state index contributed by atoms with van der Waals surface area (Å²) in [7, 11) is 0. The van der Waals surface area contributed by atoms with Gasteiger partial charge in [0.25, 0.3) is 0 Å². The molecule has 0 aromatic rings. The van der Waals surface area contributed by atoms with Gasteiger partial charge in [0.15, 0.2) is 0 Å². The largest absolute Gasteiger partial charge is 0.390 e. The third kappa shape index (κ3) is 1.76. The SMILES string of the molecule is CCC(C)C1CCCC1(C)O. The molecule has 1 aliphatic carbocycles. The van der Waals surface area contributed by atoms with Crippen LogP contribution in [0.3, 0.4) is 0 Å². The second-order valence-corrected chi connectivity index (χ2v) is 4.24. The molecule has 1 N–H and O–H groups in total. The molecule has 0 radical (unpaired) electrons. The molecule has 11 heavy (non-hydrogen) atoms. The van der Waals surface area contributed by atoms with Crippen LogP contribution in [0.4, 0.5) is 0 Å². The molecule has 1 heteroatoms. The van der Waals surface area contributed by atoms with Crippen molar-refractivity contribution in [1.82, 2.24) is 0 Å². The fraction of sp³-hybridized carbons (Fsp3) is 1.00. The van der Waals surface area contributed by atoms with Crippen LogP contribution in [-0.2, 0) is 0 Å². The van der Waals surface area contributed by atoms with Gasteiger partial charge in [0, 0.05) is 0 Å². The van der Waals surface area contributed by atoms with Crippen molar-refractivity contribution in [1.29, 1.82) is 0 Å². The molecule has 3 unspecified atom stereocenters. The normalized spacial score (nSPS) is 40.9. The van der Waals surface area contributed by atoms with Crippen molar-refractivity contribution in [3.8, 4) is 0 Å². The molecule has 0 spiro atoms. The zero-order valence-electron chi connectivity index (χ0n) is 7.93. The number of hydrogen-bond donors (Lipinski definition) is 1. The van der Waals surface area contributed by atoms with Crippen LogP contribution >= 0.6 is 0 Å². The zero-order chi connectivity index (χ0) is 8.48. The van der Waals surface area contributed by atoms with Gasteiger partial charge < -0.3 is 5.11 Å². The molecule has 66 valence electrons. The Morgan fingerprint density at radius 2 is 2.27 bits per heavy atom. The predicted octanol–water partition coefficient (Wildman–Crippen LogP) is 2.58. The van der Waals surface area contributed by atoms with Gasteiger partial charge in [0.05, 0.1) is 5.60 Å². The summed E-state index contributed by atoms with van der Waals surface area (Å²) in [5, 5.41) is 9.96. The molecule has 0 aromatic carbocycles. The lowest BCUT2D eigenvalue weighted by atomic mass is 9.81. The van der Waals surface area contributed by atoms with Gasteiger partial charge in [-0.2, -0.15) is 0 Å². The Balaban J connectivity index is 2.57. The smallest absolute Gasteiger partial charge is 0.0650 e. The standard InChI is InChI=1S/C10H20O/c1-4-8(2)9-6-5-7-10(9,3)11/h8-9,11H,4-7H2,1-3H3. The molecule has 1 nitrogen and oxygen atoms in total. The molecule has 3 atom stereocenters. The van der Waals surface area contributed by atoms with Crippen LogP contribution in [0.15, 0.2) is 0 Å². The molecule has 1 saturated carbocycles. The van der Waals surface area contributed by atoms with Crippen molar-refractivity contribution >= 4 is 0 Å². The summed E-state index contributed by atoms with van der Waals surface area (Å²) >= 11 is 0. The molecule has 0 aliphatic heterocycles. The van der Waals surface area contributed by atoms with Gasteiger partial charge in [-0.1, -0.05) is 26.7 Å². The lowest BCUT2D eigenvalue weighted by molar-refractivity contribution is -0.000993. The van der Waals surface area contributed by atoms with E-state index in [2.05, 4.69) is 13.8 Å². The van der Waals surface area contributed by atoms with E-state index < -0.39 is 0 Å². The van der Waals surface area contributed by atoms with Crippen molar-refractivity contribution in [3.63, 3.8) is 0 Å².